The third-order valence-electron chi connectivity index (χ3n) is 4.65. The van der Waals surface area contributed by atoms with Crippen molar-refractivity contribution in [2.75, 3.05) is 11.9 Å². The summed E-state index contributed by atoms with van der Waals surface area (Å²) in [5, 5.41) is 3.41. The van der Waals surface area contributed by atoms with E-state index in [4.69, 9.17) is 11.6 Å². The summed E-state index contributed by atoms with van der Waals surface area (Å²) in [6.45, 7) is 1.35. The molecule has 1 atom stereocenters. The Kier molecular flexibility index (Phi) is 6.29. The van der Waals surface area contributed by atoms with Crippen molar-refractivity contribution in [3.05, 3.63) is 65.2 Å². The van der Waals surface area contributed by atoms with Crippen molar-refractivity contribution < 1.29 is 9.59 Å². The molecule has 0 aromatic heterocycles. The van der Waals surface area contributed by atoms with Gasteiger partial charge in [-0.1, -0.05) is 54.4 Å². The summed E-state index contributed by atoms with van der Waals surface area (Å²) in [6.07, 6.45) is 2.90. The molecule has 1 unspecified atom stereocenters. The lowest BCUT2D eigenvalue weighted by Gasteiger charge is -2.24. The Bertz CT molecular complexity index is 764. The fourth-order valence-corrected chi connectivity index (χ4v) is 3.53. The van der Waals surface area contributed by atoms with Crippen LogP contribution in [0.3, 0.4) is 0 Å². The monoisotopic (exact) mass is 370 g/mol. The van der Waals surface area contributed by atoms with Gasteiger partial charge in [-0.3, -0.25) is 9.59 Å². The zero-order chi connectivity index (χ0) is 18.4. The zero-order valence-corrected chi connectivity index (χ0v) is 15.4. The quantitative estimate of drug-likeness (QED) is 0.842. The molecular formula is C21H23ClN2O2. The lowest BCUT2D eigenvalue weighted by atomic mass is 9.98. The van der Waals surface area contributed by atoms with Crippen molar-refractivity contribution in [3.8, 4) is 0 Å². The molecule has 5 heteroatoms. The molecule has 0 aliphatic carbocycles. The van der Waals surface area contributed by atoms with Crippen LogP contribution < -0.4 is 5.32 Å². The Hall–Kier alpha value is -2.33. The van der Waals surface area contributed by atoms with E-state index in [9.17, 15) is 9.59 Å². The van der Waals surface area contributed by atoms with Gasteiger partial charge < -0.3 is 10.2 Å². The summed E-state index contributed by atoms with van der Waals surface area (Å²) >= 11 is 5.95. The average Bonchev–Trinajstić information content (AvgIpc) is 2.79. The van der Waals surface area contributed by atoms with Crippen LogP contribution in [0.15, 0.2) is 54.6 Å². The van der Waals surface area contributed by atoms with Crippen molar-refractivity contribution in [1.82, 2.24) is 4.90 Å². The summed E-state index contributed by atoms with van der Waals surface area (Å²) in [5.74, 6) is -0.333. The molecule has 2 aromatic carbocycles. The van der Waals surface area contributed by atoms with Gasteiger partial charge >= 0.3 is 0 Å². The number of carbonyl (C=O) groups excluding carboxylic acids is 2. The maximum atomic E-state index is 12.9. The van der Waals surface area contributed by atoms with E-state index in [1.54, 1.807) is 24.3 Å². The largest absolute Gasteiger partial charge is 0.338 e. The van der Waals surface area contributed by atoms with Crippen LogP contribution in [0.1, 0.15) is 31.2 Å². The van der Waals surface area contributed by atoms with Gasteiger partial charge in [-0.05, 0) is 36.6 Å². The lowest BCUT2D eigenvalue weighted by molar-refractivity contribution is -0.137. The van der Waals surface area contributed by atoms with Crippen molar-refractivity contribution >= 4 is 29.1 Å². The number of halogens is 1. The summed E-state index contributed by atoms with van der Waals surface area (Å²) in [4.78, 5) is 27.2. The fourth-order valence-electron chi connectivity index (χ4n) is 3.34. The van der Waals surface area contributed by atoms with Crippen LogP contribution in [-0.4, -0.2) is 23.3 Å². The molecule has 4 nitrogen and oxygen atoms in total. The molecule has 0 saturated carbocycles. The number of carbonyl (C=O) groups is 2. The molecule has 3 rings (SSSR count). The average molecular weight is 371 g/mol. The second kappa shape index (κ2) is 8.86. The number of anilines is 1. The first-order chi connectivity index (χ1) is 12.6. The molecule has 2 amide bonds. The Morgan fingerprint density at radius 3 is 2.69 bits per heavy atom. The van der Waals surface area contributed by atoms with Crippen LogP contribution in [0.2, 0.25) is 5.02 Å². The van der Waals surface area contributed by atoms with E-state index in [1.165, 1.54) is 0 Å². The number of amides is 2. The lowest BCUT2D eigenvalue weighted by Crippen LogP contribution is -2.36. The van der Waals surface area contributed by atoms with Crippen molar-refractivity contribution in [3.63, 3.8) is 0 Å². The second-order valence-corrected chi connectivity index (χ2v) is 7.14. The van der Waals surface area contributed by atoms with Crippen LogP contribution in [0, 0.1) is 5.92 Å². The van der Waals surface area contributed by atoms with Gasteiger partial charge in [0.25, 0.3) is 0 Å². The SMILES string of the molecule is O=C(CC1CCCCN(Cc2ccccc2)C1=O)Nc1cccc(Cl)c1. The number of nitrogens with one attached hydrogen (secondary N) is 1. The molecule has 1 saturated heterocycles. The van der Waals surface area contributed by atoms with Crippen molar-refractivity contribution in [2.24, 2.45) is 5.92 Å². The number of hydrogen-bond donors (Lipinski definition) is 1. The molecule has 0 radical (unpaired) electrons. The molecule has 0 spiro atoms. The van der Waals surface area contributed by atoms with Crippen molar-refractivity contribution in [2.45, 2.75) is 32.2 Å². The second-order valence-electron chi connectivity index (χ2n) is 6.70. The van der Waals surface area contributed by atoms with E-state index in [2.05, 4.69) is 5.32 Å². The van der Waals surface area contributed by atoms with Gasteiger partial charge in [-0.15, -0.1) is 0 Å². The Labute approximate surface area is 159 Å². The van der Waals surface area contributed by atoms with Gasteiger partial charge in [-0.2, -0.15) is 0 Å². The van der Waals surface area contributed by atoms with Gasteiger partial charge in [0.15, 0.2) is 0 Å². The normalized spacial score (nSPS) is 17.7. The van der Waals surface area contributed by atoms with E-state index in [1.807, 2.05) is 35.2 Å². The third-order valence-corrected chi connectivity index (χ3v) is 4.88. The maximum Gasteiger partial charge on any atom is 0.226 e. The smallest absolute Gasteiger partial charge is 0.226 e. The number of rotatable bonds is 5. The van der Waals surface area contributed by atoms with Crippen LogP contribution in [0.5, 0.6) is 0 Å². The minimum atomic E-state index is -0.264. The highest BCUT2D eigenvalue weighted by Crippen LogP contribution is 2.23. The molecule has 136 valence electrons. The minimum absolute atomic E-state index is 0.0765. The summed E-state index contributed by atoms with van der Waals surface area (Å²) in [6, 6.07) is 17.0. The molecule has 1 heterocycles. The minimum Gasteiger partial charge on any atom is -0.338 e. The van der Waals surface area contributed by atoms with Gasteiger partial charge in [0.2, 0.25) is 11.8 Å². The van der Waals surface area contributed by atoms with Gasteiger partial charge in [0.05, 0.1) is 0 Å². The van der Waals surface area contributed by atoms with E-state index in [-0.39, 0.29) is 24.2 Å². The number of hydrogen-bond acceptors (Lipinski definition) is 2. The standard InChI is InChI=1S/C21H23ClN2O2/c22-18-10-6-11-19(14-18)23-20(25)13-17-9-4-5-12-24(21(17)26)15-16-7-2-1-3-8-16/h1-3,6-8,10-11,14,17H,4-5,9,12-13,15H2,(H,23,25). The van der Waals surface area contributed by atoms with Gasteiger partial charge in [0, 0.05) is 36.1 Å². The summed E-state index contributed by atoms with van der Waals surface area (Å²) in [5.41, 5.74) is 1.77. The highest BCUT2D eigenvalue weighted by Gasteiger charge is 2.28. The summed E-state index contributed by atoms with van der Waals surface area (Å²) < 4.78 is 0. The third kappa shape index (κ3) is 5.09. The van der Waals surface area contributed by atoms with Crippen LogP contribution >= 0.6 is 11.6 Å². The predicted octanol–water partition coefficient (Wildman–Crippen LogP) is 4.50. The molecule has 26 heavy (non-hydrogen) atoms. The molecular weight excluding hydrogens is 348 g/mol. The molecule has 2 aromatic rings. The number of likely N-dealkylation sites (tertiary alicyclic amines) is 1. The first-order valence-electron chi connectivity index (χ1n) is 9.00. The van der Waals surface area contributed by atoms with Gasteiger partial charge in [-0.25, -0.2) is 0 Å². The fraction of sp³-hybridized carbons (Fsp3) is 0.333. The molecule has 1 fully saturated rings. The first kappa shape index (κ1) is 18.5. The Morgan fingerprint density at radius 2 is 1.92 bits per heavy atom. The zero-order valence-electron chi connectivity index (χ0n) is 14.7. The highest BCUT2D eigenvalue weighted by molar-refractivity contribution is 6.30. The van der Waals surface area contributed by atoms with Crippen LogP contribution in [-0.2, 0) is 16.1 Å². The Balaban J connectivity index is 1.62. The molecule has 1 aliphatic heterocycles. The first-order valence-corrected chi connectivity index (χ1v) is 9.38. The predicted molar refractivity (Wildman–Crippen MR) is 104 cm³/mol. The number of nitrogens with zero attached hydrogens (tertiary/aromatic N) is 1. The maximum absolute atomic E-state index is 12.9. The highest BCUT2D eigenvalue weighted by atomic mass is 35.5. The van der Waals surface area contributed by atoms with E-state index in [0.29, 0.717) is 17.3 Å². The van der Waals surface area contributed by atoms with Crippen LogP contribution in [0.4, 0.5) is 5.69 Å². The molecule has 1 aliphatic rings. The molecule has 0 bridgehead atoms. The van der Waals surface area contributed by atoms with E-state index in [0.717, 1.165) is 31.4 Å². The van der Waals surface area contributed by atoms with E-state index >= 15 is 0 Å². The van der Waals surface area contributed by atoms with Crippen LogP contribution in [0.25, 0.3) is 0 Å². The van der Waals surface area contributed by atoms with Gasteiger partial charge in [0.1, 0.15) is 0 Å². The van der Waals surface area contributed by atoms with E-state index < -0.39 is 0 Å². The molecule has 1 N–H and O–H groups in total. The Morgan fingerprint density at radius 1 is 1.12 bits per heavy atom. The number of benzene rings is 2. The summed E-state index contributed by atoms with van der Waals surface area (Å²) in [7, 11) is 0. The van der Waals surface area contributed by atoms with Crippen molar-refractivity contribution in [1.29, 1.82) is 0 Å². The topological polar surface area (TPSA) is 49.4 Å².